The van der Waals surface area contributed by atoms with Crippen molar-refractivity contribution in [3.8, 4) is 0 Å². The molecule has 2 rings (SSSR count). The van der Waals surface area contributed by atoms with Gasteiger partial charge in [-0.05, 0) is 11.1 Å². The van der Waals surface area contributed by atoms with Crippen molar-refractivity contribution < 1.29 is 0 Å². The minimum Gasteiger partial charge on any atom is -0.102 e. The van der Waals surface area contributed by atoms with Crippen molar-refractivity contribution in [2.75, 3.05) is 0 Å². The molecule has 0 unspecified atom stereocenters. The van der Waals surface area contributed by atoms with Gasteiger partial charge in [-0.15, -0.1) is 6.58 Å². The van der Waals surface area contributed by atoms with Crippen molar-refractivity contribution in [2.24, 2.45) is 0 Å². The zero-order valence-electron chi connectivity index (χ0n) is 10.9. The summed E-state index contributed by atoms with van der Waals surface area (Å²) < 4.78 is 0. The Kier molecular flexibility index (Phi) is 4.95. The Balaban J connectivity index is 2.03. The standard InChI is InChI=1S/C19H17/c1-2-17(13-15-18-9-5-3-6-10-18)14-16-19-11-7-4-8-12-19/h2-16H,1H2/b15-13+,16-14+. The van der Waals surface area contributed by atoms with Gasteiger partial charge in [0.1, 0.15) is 0 Å². The molecule has 0 aliphatic heterocycles. The van der Waals surface area contributed by atoms with Crippen LogP contribution in [-0.2, 0) is 0 Å². The highest BCUT2D eigenvalue weighted by atomic mass is 14.0. The third-order valence-electron chi connectivity index (χ3n) is 2.77. The van der Waals surface area contributed by atoms with E-state index in [1.165, 1.54) is 11.1 Å². The number of hydrogen-bond donors (Lipinski definition) is 0. The number of allylic oxidation sites excluding steroid dienone is 3. The summed E-state index contributed by atoms with van der Waals surface area (Å²) in [6.45, 7) is 3.85. The summed E-state index contributed by atoms with van der Waals surface area (Å²) in [6, 6.07) is 20.5. The molecule has 93 valence electrons. The van der Waals surface area contributed by atoms with Gasteiger partial charge in [0.2, 0.25) is 0 Å². The van der Waals surface area contributed by atoms with Gasteiger partial charge in [-0.25, -0.2) is 0 Å². The molecule has 2 aromatic rings. The molecular formula is C19H17. The van der Waals surface area contributed by atoms with E-state index in [2.05, 4.69) is 55.1 Å². The van der Waals surface area contributed by atoms with Gasteiger partial charge in [0.15, 0.2) is 0 Å². The summed E-state index contributed by atoms with van der Waals surface area (Å²) in [5.74, 6) is 1.09. The first-order valence-corrected chi connectivity index (χ1v) is 6.34. The summed E-state index contributed by atoms with van der Waals surface area (Å²) in [7, 11) is 0. The average Bonchev–Trinajstić information content (AvgIpc) is 2.49. The third kappa shape index (κ3) is 4.44. The highest BCUT2D eigenvalue weighted by molar-refractivity contribution is 5.59. The summed E-state index contributed by atoms with van der Waals surface area (Å²) in [4.78, 5) is 0. The van der Waals surface area contributed by atoms with Crippen LogP contribution >= 0.6 is 0 Å². The lowest BCUT2D eigenvalue weighted by atomic mass is 10.1. The van der Waals surface area contributed by atoms with Crippen molar-refractivity contribution in [2.45, 2.75) is 0 Å². The minimum atomic E-state index is 1.09. The molecular weight excluding hydrogens is 228 g/mol. The SMILES string of the molecule is C=C[C](/C=C/c1ccccc1)/C=C/c1ccccc1. The molecule has 0 bridgehead atoms. The van der Waals surface area contributed by atoms with E-state index in [0.29, 0.717) is 0 Å². The maximum absolute atomic E-state index is 3.85. The zero-order chi connectivity index (χ0) is 13.3. The van der Waals surface area contributed by atoms with Crippen molar-refractivity contribution in [3.05, 3.63) is 103 Å². The fourth-order valence-corrected chi connectivity index (χ4v) is 1.70. The van der Waals surface area contributed by atoms with Gasteiger partial charge >= 0.3 is 0 Å². The largest absolute Gasteiger partial charge is 0.102 e. The monoisotopic (exact) mass is 245 g/mol. The van der Waals surface area contributed by atoms with Crippen LogP contribution in [0.2, 0.25) is 0 Å². The highest BCUT2D eigenvalue weighted by Gasteiger charge is 1.94. The Morgan fingerprint density at radius 2 is 1.11 bits per heavy atom. The normalized spacial score (nSPS) is 11.4. The second-order valence-electron chi connectivity index (χ2n) is 4.19. The first kappa shape index (κ1) is 13.1. The van der Waals surface area contributed by atoms with Gasteiger partial charge in [-0.3, -0.25) is 0 Å². The van der Waals surface area contributed by atoms with Gasteiger partial charge in [0, 0.05) is 5.92 Å². The molecule has 2 aromatic carbocycles. The Labute approximate surface area is 115 Å². The van der Waals surface area contributed by atoms with E-state index in [1.807, 2.05) is 42.5 Å². The van der Waals surface area contributed by atoms with Crippen molar-refractivity contribution in [1.82, 2.24) is 0 Å². The van der Waals surface area contributed by atoms with Gasteiger partial charge in [-0.1, -0.05) is 91.0 Å². The molecule has 0 spiro atoms. The Hall–Kier alpha value is -2.34. The van der Waals surface area contributed by atoms with Crippen LogP contribution in [0.3, 0.4) is 0 Å². The molecule has 0 saturated carbocycles. The third-order valence-corrected chi connectivity index (χ3v) is 2.77. The second kappa shape index (κ2) is 7.17. The molecule has 0 nitrogen and oxygen atoms in total. The van der Waals surface area contributed by atoms with Crippen LogP contribution < -0.4 is 0 Å². The first-order chi connectivity index (χ1) is 9.38. The van der Waals surface area contributed by atoms with Crippen molar-refractivity contribution in [3.63, 3.8) is 0 Å². The predicted molar refractivity (Wildman–Crippen MR) is 84.4 cm³/mol. The molecule has 0 atom stereocenters. The van der Waals surface area contributed by atoms with E-state index in [0.717, 1.165) is 5.92 Å². The fourth-order valence-electron chi connectivity index (χ4n) is 1.70. The van der Waals surface area contributed by atoms with Crippen LogP contribution in [0.15, 0.2) is 85.5 Å². The lowest BCUT2D eigenvalue weighted by Gasteiger charge is -1.99. The molecule has 0 saturated heterocycles. The Morgan fingerprint density at radius 1 is 0.684 bits per heavy atom. The molecule has 19 heavy (non-hydrogen) atoms. The van der Waals surface area contributed by atoms with E-state index in [4.69, 9.17) is 0 Å². The topological polar surface area (TPSA) is 0 Å². The van der Waals surface area contributed by atoms with Gasteiger partial charge in [0.25, 0.3) is 0 Å². The van der Waals surface area contributed by atoms with Crippen molar-refractivity contribution in [1.29, 1.82) is 0 Å². The van der Waals surface area contributed by atoms with Crippen LogP contribution in [0.25, 0.3) is 12.2 Å². The first-order valence-electron chi connectivity index (χ1n) is 6.34. The summed E-state index contributed by atoms with van der Waals surface area (Å²) in [5.41, 5.74) is 2.38. The molecule has 0 aliphatic carbocycles. The number of benzene rings is 2. The maximum atomic E-state index is 3.85. The molecule has 0 aromatic heterocycles. The lowest BCUT2D eigenvalue weighted by molar-refractivity contribution is 1.51. The van der Waals surface area contributed by atoms with E-state index in [9.17, 15) is 0 Å². The van der Waals surface area contributed by atoms with Crippen LogP contribution in [0, 0.1) is 5.92 Å². The van der Waals surface area contributed by atoms with Crippen molar-refractivity contribution >= 4 is 12.2 Å². The number of rotatable bonds is 5. The minimum absolute atomic E-state index is 1.09. The van der Waals surface area contributed by atoms with Crippen LogP contribution in [0.1, 0.15) is 11.1 Å². The molecule has 0 heterocycles. The zero-order valence-corrected chi connectivity index (χ0v) is 10.9. The maximum Gasteiger partial charge on any atom is 0.0407 e. The van der Waals surface area contributed by atoms with Gasteiger partial charge in [-0.2, -0.15) is 0 Å². The quantitative estimate of drug-likeness (QED) is 0.681. The molecule has 1 radical (unpaired) electrons. The Bertz CT molecular complexity index is 498. The molecule has 0 N–H and O–H groups in total. The Morgan fingerprint density at radius 3 is 1.47 bits per heavy atom. The molecule has 0 amide bonds. The van der Waals surface area contributed by atoms with E-state index in [1.54, 1.807) is 0 Å². The lowest BCUT2D eigenvalue weighted by Crippen LogP contribution is -1.81. The average molecular weight is 245 g/mol. The van der Waals surface area contributed by atoms with E-state index in [-0.39, 0.29) is 0 Å². The fraction of sp³-hybridized carbons (Fsp3) is 0. The van der Waals surface area contributed by atoms with E-state index < -0.39 is 0 Å². The van der Waals surface area contributed by atoms with Crippen LogP contribution in [0.4, 0.5) is 0 Å². The van der Waals surface area contributed by atoms with Gasteiger partial charge in [0.05, 0.1) is 0 Å². The van der Waals surface area contributed by atoms with Crippen LogP contribution in [0.5, 0.6) is 0 Å². The highest BCUT2D eigenvalue weighted by Crippen LogP contribution is 2.12. The van der Waals surface area contributed by atoms with Crippen LogP contribution in [-0.4, -0.2) is 0 Å². The predicted octanol–water partition coefficient (Wildman–Crippen LogP) is 5.17. The van der Waals surface area contributed by atoms with E-state index >= 15 is 0 Å². The smallest absolute Gasteiger partial charge is 0.0407 e. The van der Waals surface area contributed by atoms with Gasteiger partial charge < -0.3 is 0 Å². The molecule has 0 fully saturated rings. The second-order valence-corrected chi connectivity index (χ2v) is 4.19. The summed E-state index contributed by atoms with van der Waals surface area (Å²) in [5, 5.41) is 0. The molecule has 0 aliphatic rings. The number of hydrogen-bond acceptors (Lipinski definition) is 0. The molecule has 0 heteroatoms. The summed E-state index contributed by atoms with van der Waals surface area (Å²) in [6.07, 6.45) is 10.2. The summed E-state index contributed by atoms with van der Waals surface area (Å²) >= 11 is 0.